The van der Waals surface area contributed by atoms with E-state index >= 15 is 0 Å². The van der Waals surface area contributed by atoms with Gasteiger partial charge in [0.2, 0.25) is 5.88 Å². The number of carbonyl (C=O) groups excluding carboxylic acids is 1. The smallest absolute Gasteiger partial charge is 0.271 e. The average molecular weight is 424 g/mol. The average Bonchev–Trinajstić information content (AvgIpc) is 3.05. The van der Waals surface area contributed by atoms with Crippen LogP contribution in [0.15, 0.2) is 52.9 Å². The molecule has 0 saturated carbocycles. The Bertz CT molecular complexity index is 1110. The maximum Gasteiger partial charge on any atom is 0.271 e. The lowest BCUT2D eigenvalue weighted by molar-refractivity contribution is 0.101. The summed E-state index contributed by atoms with van der Waals surface area (Å²) in [5.74, 6) is 0.0161. The van der Waals surface area contributed by atoms with Gasteiger partial charge >= 0.3 is 0 Å². The molecular weight excluding hydrogens is 410 g/mol. The Labute approximate surface area is 164 Å². The van der Waals surface area contributed by atoms with Crippen LogP contribution in [0.3, 0.4) is 0 Å². The first-order valence-electron chi connectivity index (χ1n) is 7.58. The molecule has 0 unspecified atom stereocenters. The number of para-hydroxylation sites is 1. The van der Waals surface area contributed by atoms with E-state index in [-0.39, 0.29) is 33.0 Å². The first-order chi connectivity index (χ1) is 12.8. The standard InChI is InChI=1S/C17H14ClN3O4S2/c1-10(22)12-4-2-3-5-14(12)25-17-13(8-11(19)9-20-17)21-27(23,24)16-7-6-15(18)26-16/h2-9,21H,19H2,1H3. The lowest BCUT2D eigenvalue weighted by Crippen LogP contribution is -2.13. The number of carbonyl (C=O) groups is 1. The number of ether oxygens (including phenoxy) is 1. The first kappa shape index (κ1) is 19.2. The molecule has 27 heavy (non-hydrogen) atoms. The van der Waals surface area contributed by atoms with E-state index in [0.29, 0.717) is 9.90 Å². The minimum absolute atomic E-state index is 0.0324. The highest BCUT2D eigenvalue weighted by molar-refractivity contribution is 7.94. The van der Waals surface area contributed by atoms with Crippen LogP contribution >= 0.6 is 22.9 Å². The number of anilines is 2. The van der Waals surface area contributed by atoms with Crippen molar-refractivity contribution in [2.75, 3.05) is 10.5 Å². The molecule has 140 valence electrons. The van der Waals surface area contributed by atoms with Crippen molar-refractivity contribution in [3.8, 4) is 11.6 Å². The minimum Gasteiger partial charge on any atom is -0.436 e. The van der Waals surface area contributed by atoms with Crippen LogP contribution in [-0.2, 0) is 10.0 Å². The van der Waals surface area contributed by atoms with Gasteiger partial charge in [0.05, 0.1) is 21.8 Å². The molecule has 3 aromatic rings. The summed E-state index contributed by atoms with van der Waals surface area (Å²) in [5, 5.41) is 0. The predicted molar refractivity (Wildman–Crippen MR) is 105 cm³/mol. The number of nitrogens with two attached hydrogens (primary N) is 1. The Balaban J connectivity index is 1.98. The van der Waals surface area contributed by atoms with Crippen molar-refractivity contribution in [3.63, 3.8) is 0 Å². The number of Topliss-reactive ketones (excluding diaryl/α,β-unsaturated/α-hetero) is 1. The van der Waals surface area contributed by atoms with Crippen LogP contribution in [0.5, 0.6) is 11.6 Å². The number of sulfonamides is 1. The Morgan fingerprint density at radius 1 is 1.26 bits per heavy atom. The van der Waals surface area contributed by atoms with Gasteiger partial charge in [-0.05, 0) is 37.3 Å². The summed E-state index contributed by atoms with van der Waals surface area (Å²) >= 11 is 6.73. The highest BCUT2D eigenvalue weighted by Gasteiger charge is 2.21. The second kappa shape index (κ2) is 7.55. The van der Waals surface area contributed by atoms with E-state index in [4.69, 9.17) is 22.1 Å². The van der Waals surface area contributed by atoms with E-state index < -0.39 is 10.0 Å². The Hall–Kier alpha value is -2.62. The van der Waals surface area contributed by atoms with Crippen LogP contribution in [0.4, 0.5) is 11.4 Å². The van der Waals surface area contributed by atoms with E-state index in [0.717, 1.165) is 11.3 Å². The number of nitrogens with zero attached hydrogens (tertiary/aromatic N) is 1. The highest BCUT2D eigenvalue weighted by atomic mass is 35.5. The molecule has 0 aliphatic carbocycles. The van der Waals surface area contributed by atoms with E-state index in [1.165, 1.54) is 31.3 Å². The maximum atomic E-state index is 12.6. The summed E-state index contributed by atoms with van der Waals surface area (Å²) < 4.78 is 33.6. The molecule has 0 radical (unpaired) electrons. The van der Waals surface area contributed by atoms with Crippen molar-refractivity contribution >= 4 is 50.1 Å². The number of hydrogen-bond donors (Lipinski definition) is 2. The summed E-state index contributed by atoms with van der Waals surface area (Å²) in [4.78, 5) is 15.8. The molecule has 0 saturated heterocycles. The summed E-state index contributed by atoms with van der Waals surface area (Å²) in [7, 11) is -3.91. The largest absolute Gasteiger partial charge is 0.436 e. The molecule has 10 heteroatoms. The maximum absolute atomic E-state index is 12.6. The number of ketones is 1. The molecule has 0 fully saturated rings. The number of rotatable bonds is 6. The number of benzene rings is 1. The van der Waals surface area contributed by atoms with Crippen LogP contribution in [0.2, 0.25) is 4.34 Å². The van der Waals surface area contributed by atoms with Crippen LogP contribution in [0, 0.1) is 0 Å². The van der Waals surface area contributed by atoms with Gasteiger partial charge in [-0.2, -0.15) is 0 Å². The van der Waals surface area contributed by atoms with Crippen molar-refractivity contribution < 1.29 is 17.9 Å². The first-order valence-corrected chi connectivity index (χ1v) is 10.3. The second-order valence-electron chi connectivity index (χ2n) is 5.44. The number of nitrogens with one attached hydrogen (secondary N) is 1. The zero-order valence-corrected chi connectivity index (χ0v) is 16.4. The Kier molecular flexibility index (Phi) is 5.36. The number of halogens is 1. The lowest BCUT2D eigenvalue weighted by atomic mass is 10.1. The molecule has 3 N–H and O–H groups in total. The molecule has 0 atom stereocenters. The van der Waals surface area contributed by atoms with Gasteiger partial charge < -0.3 is 10.5 Å². The third-order valence-electron chi connectivity index (χ3n) is 3.40. The van der Waals surface area contributed by atoms with Crippen LogP contribution in [0.1, 0.15) is 17.3 Å². The predicted octanol–water partition coefficient (Wildman–Crippen LogP) is 4.17. The fraction of sp³-hybridized carbons (Fsp3) is 0.0588. The fourth-order valence-electron chi connectivity index (χ4n) is 2.21. The number of aromatic nitrogens is 1. The van der Waals surface area contributed by atoms with Gasteiger partial charge in [-0.1, -0.05) is 23.7 Å². The van der Waals surface area contributed by atoms with Crippen LogP contribution < -0.4 is 15.2 Å². The molecule has 0 spiro atoms. The SMILES string of the molecule is CC(=O)c1ccccc1Oc1ncc(N)cc1NS(=O)(=O)c1ccc(Cl)s1. The molecule has 0 amide bonds. The summed E-state index contributed by atoms with van der Waals surface area (Å²) in [6, 6.07) is 10.8. The zero-order valence-electron chi connectivity index (χ0n) is 14.0. The third kappa shape index (κ3) is 4.38. The Morgan fingerprint density at radius 2 is 2.00 bits per heavy atom. The summed E-state index contributed by atoms with van der Waals surface area (Å²) in [6.07, 6.45) is 1.32. The van der Waals surface area contributed by atoms with Gasteiger partial charge in [-0.25, -0.2) is 13.4 Å². The molecule has 1 aromatic carbocycles. The van der Waals surface area contributed by atoms with Crippen molar-refractivity contribution in [1.82, 2.24) is 4.98 Å². The molecule has 0 bridgehead atoms. The molecule has 3 rings (SSSR count). The number of nitrogen functional groups attached to an aromatic ring is 1. The molecular formula is C17H14ClN3O4S2. The summed E-state index contributed by atoms with van der Waals surface area (Å²) in [6.45, 7) is 1.41. The quantitative estimate of drug-likeness (QED) is 0.575. The second-order valence-corrected chi connectivity index (χ2v) is 9.06. The normalized spacial score (nSPS) is 11.2. The molecule has 2 aromatic heterocycles. The Morgan fingerprint density at radius 3 is 2.67 bits per heavy atom. The van der Waals surface area contributed by atoms with Gasteiger partial charge in [0.1, 0.15) is 15.6 Å². The minimum atomic E-state index is -3.91. The van der Waals surface area contributed by atoms with Gasteiger partial charge in [-0.3, -0.25) is 9.52 Å². The monoisotopic (exact) mass is 423 g/mol. The topological polar surface area (TPSA) is 111 Å². The van der Waals surface area contributed by atoms with Crippen LogP contribution in [0.25, 0.3) is 0 Å². The highest BCUT2D eigenvalue weighted by Crippen LogP contribution is 2.34. The van der Waals surface area contributed by atoms with E-state index in [1.54, 1.807) is 24.3 Å². The summed E-state index contributed by atoms with van der Waals surface area (Å²) in [5.41, 5.74) is 6.36. The third-order valence-corrected chi connectivity index (χ3v) is 6.49. The molecule has 2 heterocycles. The fourth-order valence-corrected chi connectivity index (χ4v) is 4.74. The van der Waals surface area contributed by atoms with Gasteiger partial charge in [-0.15, -0.1) is 11.3 Å². The van der Waals surface area contributed by atoms with Crippen LogP contribution in [-0.4, -0.2) is 19.2 Å². The van der Waals surface area contributed by atoms with Gasteiger partial charge in [0.15, 0.2) is 5.78 Å². The van der Waals surface area contributed by atoms with E-state index in [2.05, 4.69) is 9.71 Å². The molecule has 0 aliphatic heterocycles. The number of pyridine rings is 1. The van der Waals surface area contributed by atoms with Crippen molar-refractivity contribution in [1.29, 1.82) is 0 Å². The molecule has 0 aliphatic rings. The van der Waals surface area contributed by atoms with Gasteiger partial charge in [0, 0.05) is 0 Å². The van der Waals surface area contributed by atoms with E-state index in [1.807, 2.05) is 0 Å². The van der Waals surface area contributed by atoms with Crippen molar-refractivity contribution in [2.45, 2.75) is 11.1 Å². The number of hydrogen-bond acceptors (Lipinski definition) is 7. The number of thiophene rings is 1. The van der Waals surface area contributed by atoms with Gasteiger partial charge in [0.25, 0.3) is 10.0 Å². The molecule has 7 nitrogen and oxygen atoms in total. The van der Waals surface area contributed by atoms with Crippen molar-refractivity contribution in [3.05, 3.63) is 58.6 Å². The van der Waals surface area contributed by atoms with Crippen molar-refractivity contribution in [2.24, 2.45) is 0 Å². The van der Waals surface area contributed by atoms with E-state index in [9.17, 15) is 13.2 Å². The lowest BCUT2D eigenvalue weighted by Gasteiger charge is -2.14. The zero-order chi connectivity index (χ0) is 19.6.